The Morgan fingerprint density at radius 1 is 1.32 bits per heavy atom. The maximum atomic E-state index is 12.3. The molecular weight excluding hydrogens is 280 g/mol. The Bertz CT molecular complexity index is 272. The van der Waals surface area contributed by atoms with Crippen LogP contribution in [-0.4, -0.2) is 74.6 Å². The van der Waals surface area contributed by atoms with Gasteiger partial charge >= 0.3 is 0 Å². The van der Waals surface area contributed by atoms with E-state index in [4.69, 9.17) is 10.5 Å². The van der Waals surface area contributed by atoms with E-state index in [1.54, 1.807) is 9.80 Å². The van der Waals surface area contributed by atoms with Gasteiger partial charge in [-0.1, -0.05) is 0 Å². The fourth-order valence-corrected chi connectivity index (χ4v) is 2.05. The molecule has 1 saturated heterocycles. The number of hydrogen-bond donors (Lipinski definition) is 1. The lowest BCUT2D eigenvalue weighted by molar-refractivity contribution is -0.133. The minimum absolute atomic E-state index is 0. The van der Waals surface area contributed by atoms with Crippen LogP contribution in [0.25, 0.3) is 0 Å². The lowest BCUT2D eigenvalue weighted by atomic mass is 10.2. The lowest BCUT2D eigenvalue weighted by Crippen LogP contribution is -2.47. The van der Waals surface area contributed by atoms with Crippen LogP contribution >= 0.6 is 12.4 Å². The molecule has 0 aliphatic carbocycles. The first kappa shape index (κ1) is 18.5. The SMILES string of the molecule is COCC(N)C(=O)N1CCCN(CC(F)F)CC1.Cl. The number of halogens is 3. The van der Waals surface area contributed by atoms with Gasteiger partial charge in [0.1, 0.15) is 6.04 Å². The Morgan fingerprint density at radius 2 is 2.00 bits per heavy atom. The summed E-state index contributed by atoms with van der Waals surface area (Å²) >= 11 is 0. The fraction of sp³-hybridized carbons (Fsp3) is 0.909. The van der Waals surface area contributed by atoms with E-state index in [2.05, 4.69) is 0 Å². The van der Waals surface area contributed by atoms with Crippen LogP contribution in [0.4, 0.5) is 8.78 Å². The van der Waals surface area contributed by atoms with Gasteiger partial charge in [0.25, 0.3) is 6.43 Å². The molecule has 0 aromatic carbocycles. The van der Waals surface area contributed by atoms with Crippen LogP contribution in [0.3, 0.4) is 0 Å². The molecule has 1 aliphatic heterocycles. The van der Waals surface area contributed by atoms with Gasteiger partial charge in [-0.3, -0.25) is 9.69 Å². The van der Waals surface area contributed by atoms with Gasteiger partial charge < -0.3 is 15.4 Å². The number of carbonyl (C=O) groups excluding carboxylic acids is 1. The van der Waals surface area contributed by atoms with Crippen molar-refractivity contribution >= 4 is 18.3 Å². The summed E-state index contributed by atoms with van der Waals surface area (Å²) < 4.78 is 29.4. The molecule has 1 atom stereocenters. The molecule has 0 radical (unpaired) electrons. The third-order valence-electron chi connectivity index (χ3n) is 2.96. The van der Waals surface area contributed by atoms with E-state index in [9.17, 15) is 13.6 Å². The minimum atomic E-state index is -2.33. The van der Waals surface area contributed by atoms with Gasteiger partial charge in [0.05, 0.1) is 13.2 Å². The van der Waals surface area contributed by atoms with Gasteiger partial charge in [-0.2, -0.15) is 0 Å². The van der Waals surface area contributed by atoms with E-state index in [1.165, 1.54) is 7.11 Å². The van der Waals surface area contributed by atoms with Gasteiger partial charge in [-0.15, -0.1) is 12.4 Å². The van der Waals surface area contributed by atoms with Crippen molar-refractivity contribution in [2.75, 3.05) is 46.4 Å². The molecule has 1 amide bonds. The highest BCUT2D eigenvalue weighted by Gasteiger charge is 2.24. The van der Waals surface area contributed by atoms with Crippen molar-refractivity contribution in [3.63, 3.8) is 0 Å². The highest BCUT2D eigenvalue weighted by molar-refractivity contribution is 5.85. The third-order valence-corrected chi connectivity index (χ3v) is 2.96. The number of methoxy groups -OCH3 is 1. The Kier molecular flexibility index (Phi) is 9.16. The van der Waals surface area contributed by atoms with E-state index in [1.807, 2.05) is 0 Å². The van der Waals surface area contributed by atoms with E-state index in [0.717, 1.165) is 0 Å². The van der Waals surface area contributed by atoms with Crippen molar-refractivity contribution in [1.29, 1.82) is 0 Å². The van der Waals surface area contributed by atoms with Crippen LogP contribution in [0.5, 0.6) is 0 Å². The van der Waals surface area contributed by atoms with Crippen molar-refractivity contribution in [3.05, 3.63) is 0 Å². The number of carbonyl (C=O) groups is 1. The van der Waals surface area contributed by atoms with Gasteiger partial charge in [-0.25, -0.2) is 8.78 Å². The largest absolute Gasteiger partial charge is 0.383 e. The van der Waals surface area contributed by atoms with E-state index >= 15 is 0 Å². The van der Waals surface area contributed by atoms with Gasteiger partial charge in [0.2, 0.25) is 5.91 Å². The van der Waals surface area contributed by atoms with E-state index < -0.39 is 12.5 Å². The van der Waals surface area contributed by atoms with Crippen LogP contribution in [0, 0.1) is 0 Å². The molecule has 1 aliphatic rings. The predicted octanol–water partition coefficient (Wildman–Crippen LogP) is 0.181. The smallest absolute Gasteiger partial charge is 0.251 e. The second-order valence-electron chi connectivity index (χ2n) is 4.43. The molecule has 1 fully saturated rings. The van der Waals surface area contributed by atoms with Gasteiger partial charge in [0, 0.05) is 33.3 Å². The lowest BCUT2D eigenvalue weighted by Gasteiger charge is -2.24. The Balaban J connectivity index is 0.00000324. The second kappa shape index (κ2) is 9.41. The maximum absolute atomic E-state index is 12.3. The Labute approximate surface area is 118 Å². The number of amides is 1. The maximum Gasteiger partial charge on any atom is 0.251 e. The molecule has 0 aromatic rings. The molecule has 8 heteroatoms. The average molecular weight is 302 g/mol. The zero-order valence-electron chi connectivity index (χ0n) is 11.1. The first-order valence-corrected chi connectivity index (χ1v) is 6.08. The number of ether oxygens (including phenoxy) is 1. The van der Waals surface area contributed by atoms with Crippen molar-refractivity contribution in [1.82, 2.24) is 9.80 Å². The van der Waals surface area contributed by atoms with Crippen molar-refractivity contribution in [3.8, 4) is 0 Å². The molecule has 5 nitrogen and oxygen atoms in total. The zero-order chi connectivity index (χ0) is 13.5. The average Bonchev–Trinajstić information content (AvgIpc) is 2.53. The highest BCUT2D eigenvalue weighted by atomic mass is 35.5. The van der Waals surface area contributed by atoms with E-state index in [0.29, 0.717) is 32.6 Å². The van der Waals surface area contributed by atoms with Crippen LogP contribution in [0.15, 0.2) is 0 Å². The zero-order valence-corrected chi connectivity index (χ0v) is 11.9. The molecule has 0 bridgehead atoms. The number of hydrogen-bond acceptors (Lipinski definition) is 4. The number of rotatable bonds is 5. The summed E-state index contributed by atoms with van der Waals surface area (Å²) in [6.07, 6.45) is -1.64. The molecule has 0 saturated carbocycles. The molecule has 0 aromatic heterocycles. The molecule has 1 rings (SSSR count). The molecule has 1 heterocycles. The quantitative estimate of drug-likeness (QED) is 0.787. The van der Waals surface area contributed by atoms with Crippen molar-refractivity contribution in [2.24, 2.45) is 5.73 Å². The fourth-order valence-electron chi connectivity index (χ4n) is 2.05. The van der Waals surface area contributed by atoms with Crippen LogP contribution in [0.2, 0.25) is 0 Å². The van der Waals surface area contributed by atoms with Gasteiger partial charge in [-0.05, 0) is 6.42 Å². The third kappa shape index (κ3) is 6.47. The summed E-state index contributed by atoms with van der Waals surface area (Å²) in [5.74, 6) is -0.171. The summed E-state index contributed by atoms with van der Waals surface area (Å²) in [6.45, 7) is 2.02. The predicted molar refractivity (Wildman–Crippen MR) is 70.7 cm³/mol. The van der Waals surface area contributed by atoms with Crippen LogP contribution in [-0.2, 0) is 9.53 Å². The van der Waals surface area contributed by atoms with Crippen molar-refractivity contribution in [2.45, 2.75) is 18.9 Å². The normalized spacial score (nSPS) is 18.9. The molecule has 2 N–H and O–H groups in total. The van der Waals surface area contributed by atoms with Crippen LogP contribution < -0.4 is 5.73 Å². The Hall–Kier alpha value is -0.500. The summed E-state index contributed by atoms with van der Waals surface area (Å²) in [5.41, 5.74) is 5.68. The van der Waals surface area contributed by atoms with Crippen molar-refractivity contribution < 1.29 is 18.3 Å². The molecular formula is C11H22ClF2N3O2. The molecule has 19 heavy (non-hydrogen) atoms. The van der Waals surface area contributed by atoms with Crippen LogP contribution in [0.1, 0.15) is 6.42 Å². The Morgan fingerprint density at radius 3 is 2.58 bits per heavy atom. The summed E-state index contributed by atoms with van der Waals surface area (Å²) in [5, 5.41) is 0. The van der Waals surface area contributed by atoms with Gasteiger partial charge in [0.15, 0.2) is 0 Å². The second-order valence-corrected chi connectivity index (χ2v) is 4.43. The molecule has 0 spiro atoms. The molecule has 1 unspecified atom stereocenters. The first-order valence-electron chi connectivity index (χ1n) is 6.08. The standard InChI is InChI=1S/C11H21F2N3O2.ClH/c1-18-8-9(14)11(17)16-4-2-3-15(5-6-16)7-10(12)13;/h9-10H,2-8,14H2,1H3;1H. The summed E-state index contributed by atoms with van der Waals surface area (Å²) in [7, 11) is 1.49. The highest BCUT2D eigenvalue weighted by Crippen LogP contribution is 2.07. The molecule has 114 valence electrons. The number of nitrogens with two attached hydrogens (primary N) is 1. The number of nitrogens with zero attached hydrogens (tertiary/aromatic N) is 2. The topological polar surface area (TPSA) is 58.8 Å². The summed E-state index contributed by atoms with van der Waals surface area (Å²) in [4.78, 5) is 15.2. The first-order chi connectivity index (χ1) is 8.54. The van der Waals surface area contributed by atoms with E-state index in [-0.39, 0.29) is 31.5 Å². The monoisotopic (exact) mass is 301 g/mol. The minimum Gasteiger partial charge on any atom is -0.383 e. The number of alkyl halides is 2. The summed E-state index contributed by atoms with van der Waals surface area (Å²) in [6, 6.07) is -0.670.